The van der Waals surface area contributed by atoms with E-state index in [9.17, 15) is 14.7 Å². The van der Waals surface area contributed by atoms with Crippen molar-refractivity contribution in [2.45, 2.75) is 62.0 Å². The molecule has 2 fully saturated rings. The Morgan fingerprint density at radius 1 is 0.875 bits per heavy atom. The van der Waals surface area contributed by atoms with Crippen molar-refractivity contribution in [1.29, 1.82) is 0 Å². The molecule has 0 radical (unpaired) electrons. The van der Waals surface area contributed by atoms with Gasteiger partial charge in [0.25, 0.3) is 5.91 Å². The van der Waals surface area contributed by atoms with Gasteiger partial charge >= 0.3 is 0 Å². The van der Waals surface area contributed by atoms with Crippen LogP contribution in [-0.4, -0.2) is 80.4 Å². The molecule has 2 amide bonds. The Hall–Kier alpha value is -4.18. The van der Waals surface area contributed by atoms with Crippen molar-refractivity contribution < 1.29 is 14.7 Å². The van der Waals surface area contributed by atoms with Gasteiger partial charge in [-0.2, -0.15) is 0 Å². The predicted octanol–water partition coefficient (Wildman–Crippen LogP) is 5.39. The molecule has 1 unspecified atom stereocenters. The minimum Gasteiger partial charge on any atom is -0.385 e. The van der Waals surface area contributed by atoms with Gasteiger partial charge in [0.05, 0.1) is 22.4 Å². The number of likely N-dealkylation sites (tertiary alicyclic amines) is 2. The fraction of sp³-hybridized carbons (Fsp3) is 0.395. The number of nitrogens with zero attached hydrogens (tertiary/aromatic N) is 5. The van der Waals surface area contributed by atoms with E-state index < -0.39 is 17.1 Å². The first kappa shape index (κ1) is 33.7. The van der Waals surface area contributed by atoms with Crippen molar-refractivity contribution in [1.82, 2.24) is 30.1 Å². The van der Waals surface area contributed by atoms with Gasteiger partial charge in [0.1, 0.15) is 6.04 Å². The Bertz CT molecular complexity index is 1590. The zero-order chi connectivity index (χ0) is 33.4. The number of carbonyl (C=O) groups is 2. The molecular weight excluding hydrogens is 624 g/mol. The number of aliphatic hydroxyl groups is 1. The molecule has 2 aliphatic rings. The number of pyridine rings is 3. The van der Waals surface area contributed by atoms with Crippen LogP contribution in [0.1, 0.15) is 72.3 Å². The molecule has 0 saturated carbocycles. The van der Waals surface area contributed by atoms with Crippen LogP contribution < -0.4 is 5.32 Å². The van der Waals surface area contributed by atoms with Crippen LogP contribution in [0.15, 0.2) is 97.6 Å². The Labute approximate surface area is 287 Å². The number of rotatable bonds is 11. The second-order valence-corrected chi connectivity index (χ2v) is 13.4. The van der Waals surface area contributed by atoms with Crippen molar-refractivity contribution in [3.05, 3.63) is 125 Å². The number of nitrogens with one attached hydrogen (secondary N) is 1. The maximum atomic E-state index is 14.0. The third-order valence-electron chi connectivity index (χ3n) is 10.0. The Morgan fingerprint density at radius 2 is 1.54 bits per heavy atom. The van der Waals surface area contributed by atoms with E-state index in [0.717, 1.165) is 55.8 Å². The molecule has 1 atom stereocenters. The molecule has 3 aromatic heterocycles. The van der Waals surface area contributed by atoms with Gasteiger partial charge < -0.3 is 20.2 Å². The van der Waals surface area contributed by atoms with Crippen molar-refractivity contribution in [2.75, 3.05) is 32.7 Å². The summed E-state index contributed by atoms with van der Waals surface area (Å²) in [6, 6.07) is 22.1. The summed E-state index contributed by atoms with van der Waals surface area (Å²) in [5.74, 6) is -0.312. The van der Waals surface area contributed by atoms with E-state index in [0.29, 0.717) is 49.4 Å². The van der Waals surface area contributed by atoms with Crippen LogP contribution in [0.25, 0.3) is 0 Å². The maximum Gasteiger partial charge on any atom is 0.254 e. The van der Waals surface area contributed by atoms with Crippen LogP contribution >= 0.6 is 11.6 Å². The first-order chi connectivity index (χ1) is 23.4. The SMILES string of the molecule is O=C(NCC(CCCN1CCC(O)(c2ccc(Cl)cc2)CC1)(c1ccccn1)c1ccccn1)C1CCCCN1C(=O)c1ccncc1. The quantitative estimate of drug-likeness (QED) is 0.221. The van der Waals surface area contributed by atoms with Gasteiger partial charge in [-0.05, 0) is 106 Å². The first-order valence-corrected chi connectivity index (χ1v) is 17.3. The van der Waals surface area contributed by atoms with E-state index in [1.165, 1.54) is 0 Å². The zero-order valence-electron chi connectivity index (χ0n) is 27.2. The van der Waals surface area contributed by atoms with Gasteiger partial charge in [-0.15, -0.1) is 0 Å². The second kappa shape index (κ2) is 15.4. The molecule has 1 aromatic carbocycles. The molecule has 250 valence electrons. The summed E-state index contributed by atoms with van der Waals surface area (Å²) in [5.41, 5.74) is 1.58. The fourth-order valence-corrected chi connectivity index (χ4v) is 7.34. The number of aromatic nitrogens is 3. The van der Waals surface area contributed by atoms with Crippen LogP contribution in [0.5, 0.6) is 0 Å². The highest BCUT2D eigenvalue weighted by molar-refractivity contribution is 6.30. The van der Waals surface area contributed by atoms with Crippen molar-refractivity contribution in [3.8, 4) is 0 Å². The van der Waals surface area contributed by atoms with E-state index in [1.807, 2.05) is 60.7 Å². The highest BCUT2D eigenvalue weighted by Gasteiger charge is 2.40. The van der Waals surface area contributed by atoms with Gasteiger partial charge in [-0.3, -0.25) is 24.5 Å². The summed E-state index contributed by atoms with van der Waals surface area (Å²) in [6.45, 7) is 3.22. The summed E-state index contributed by atoms with van der Waals surface area (Å²) in [6.07, 6.45) is 11.9. The summed E-state index contributed by atoms with van der Waals surface area (Å²) in [4.78, 5) is 45.2. The fourth-order valence-electron chi connectivity index (χ4n) is 7.21. The molecule has 2 N–H and O–H groups in total. The third-order valence-corrected chi connectivity index (χ3v) is 10.3. The van der Waals surface area contributed by atoms with Gasteiger partial charge in [-0.25, -0.2) is 0 Å². The molecule has 9 nitrogen and oxygen atoms in total. The van der Waals surface area contributed by atoms with E-state index in [1.54, 1.807) is 41.8 Å². The number of carbonyl (C=O) groups excluding carboxylic acids is 2. The molecule has 6 rings (SSSR count). The third kappa shape index (κ3) is 7.59. The summed E-state index contributed by atoms with van der Waals surface area (Å²) < 4.78 is 0. The molecule has 0 spiro atoms. The molecule has 2 aliphatic heterocycles. The Morgan fingerprint density at radius 3 is 2.17 bits per heavy atom. The van der Waals surface area contributed by atoms with E-state index >= 15 is 0 Å². The van der Waals surface area contributed by atoms with Gasteiger partial charge in [0, 0.05) is 61.6 Å². The monoisotopic (exact) mass is 666 g/mol. The summed E-state index contributed by atoms with van der Waals surface area (Å²) in [5, 5.41) is 15.3. The molecule has 10 heteroatoms. The number of amides is 2. The number of piperidine rings is 2. The number of halogens is 1. The lowest BCUT2D eigenvalue weighted by molar-refractivity contribution is -0.126. The van der Waals surface area contributed by atoms with Crippen LogP contribution in [-0.2, 0) is 15.8 Å². The number of benzene rings is 1. The molecule has 48 heavy (non-hydrogen) atoms. The normalized spacial score (nSPS) is 18.3. The molecule has 5 heterocycles. The highest BCUT2D eigenvalue weighted by atomic mass is 35.5. The highest BCUT2D eigenvalue weighted by Crippen LogP contribution is 2.36. The maximum absolute atomic E-state index is 14.0. The van der Waals surface area contributed by atoms with E-state index in [2.05, 4.69) is 15.2 Å². The van der Waals surface area contributed by atoms with E-state index in [4.69, 9.17) is 21.6 Å². The second-order valence-electron chi connectivity index (χ2n) is 13.0. The van der Waals surface area contributed by atoms with Gasteiger partial charge in [0.2, 0.25) is 5.91 Å². The summed E-state index contributed by atoms with van der Waals surface area (Å²) >= 11 is 6.08. The lowest BCUT2D eigenvalue weighted by Gasteiger charge is -2.40. The van der Waals surface area contributed by atoms with Crippen molar-refractivity contribution >= 4 is 23.4 Å². The average molecular weight is 667 g/mol. The average Bonchev–Trinajstić information content (AvgIpc) is 3.15. The number of hydrogen-bond acceptors (Lipinski definition) is 7. The first-order valence-electron chi connectivity index (χ1n) is 16.9. The lowest BCUT2D eigenvalue weighted by atomic mass is 9.75. The molecule has 4 aromatic rings. The minimum atomic E-state index is -0.858. The van der Waals surface area contributed by atoms with Crippen LogP contribution in [0.2, 0.25) is 5.02 Å². The largest absolute Gasteiger partial charge is 0.385 e. The Balaban J connectivity index is 1.18. The molecule has 0 bridgehead atoms. The molecule has 2 saturated heterocycles. The number of hydrogen-bond donors (Lipinski definition) is 2. The zero-order valence-corrected chi connectivity index (χ0v) is 27.9. The standard InChI is InChI=1S/C38H43ClN6O3/c39-31-13-11-30(12-14-31)38(48)18-26-44(27-19-38)24-7-17-37(33-9-1-4-20-41-33,34-10-2-5-21-42-34)28-43-35(46)32-8-3-6-25-45(32)36(47)29-15-22-40-23-16-29/h1-2,4-5,9-16,20-23,32,48H,3,6-8,17-19,24-28H2,(H,43,46). The van der Waals surface area contributed by atoms with Gasteiger partial charge in [0.15, 0.2) is 0 Å². The van der Waals surface area contributed by atoms with Crippen LogP contribution in [0.3, 0.4) is 0 Å². The topological polar surface area (TPSA) is 112 Å². The van der Waals surface area contributed by atoms with Crippen LogP contribution in [0.4, 0.5) is 0 Å². The lowest BCUT2D eigenvalue weighted by Crippen LogP contribution is -2.54. The smallest absolute Gasteiger partial charge is 0.254 e. The van der Waals surface area contributed by atoms with Crippen molar-refractivity contribution in [3.63, 3.8) is 0 Å². The molecule has 0 aliphatic carbocycles. The predicted molar refractivity (Wildman–Crippen MR) is 185 cm³/mol. The Kier molecular flexibility index (Phi) is 10.8. The van der Waals surface area contributed by atoms with E-state index in [-0.39, 0.29) is 11.8 Å². The van der Waals surface area contributed by atoms with Crippen molar-refractivity contribution in [2.24, 2.45) is 0 Å². The minimum absolute atomic E-state index is 0.151. The van der Waals surface area contributed by atoms with Gasteiger partial charge in [-0.1, -0.05) is 35.9 Å². The molecular formula is C38H43ClN6O3. The van der Waals surface area contributed by atoms with Crippen LogP contribution in [0, 0.1) is 0 Å². The summed E-state index contributed by atoms with van der Waals surface area (Å²) in [7, 11) is 0.